The molecule has 0 saturated heterocycles. The molecule has 0 heterocycles. The first-order valence-corrected chi connectivity index (χ1v) is 3.86. The van der Waals surface area contributed by atoms with E-state index < -0.39 is 11.6 Å². The third kappa shape index (κ3) is 4.79. The highest BCUT2D eigenvalue weighted by Gasteiger charge is 2.27. The zero-order chi connectivity index (χ0) is 8.91. The molecule has 0 rings (SSSR count). The van der Waals surface area contributed by atoms with E-state index in [1.807, 2.05) is 6.92 Å². The molecule has 0 fully saturated rings. The van der Waals surface area contributed by atoms with Gasteiger partial charge in [-0.05, 0) is 20.3 Å². The second-order valence-corrected chi connectivity index (χ2v) is 3.00. The van der Waals surface area contributed by atoms with Crippen molar-refractivity contribution in [3.05, 3.63) is 0 Å². The first kappa shape index (κ1) is 10.4. The summed E-state index contributed by atoms with van der Waals surface area (Å²) in [4.78, 5) is 10.8. The van der Waals surface area contributed by atoms with E-state index in [4.69, 9.17) is 4.74 Å². The molecule has 3 heteroatoms. The summed E-state index contributed by atoms with van der Waals surface area (Å²) >= 11 is 0. The van der Waals surface area contributed by atoms with Crippen molar-refractivity contribution in [2.45, 2.75) is 39.2 Å². The van der Waals surface area contributed by atoms with Crippen molar-refractivity contribution in [1.29, 1.82) is 0 Å². The molecule has 1 radical (unpaired) electrons. The van der Waals surface area contributed by atoms with Gasteiger partial charge < -0.3 is 4.74 Å². The Morgan fingerprint density at radius 1 is 1.45 bits per heavy atom. The van der Waals surface area contributed by atoms with Crippen molar-refractivity contribution in [2.24, 2.45) is 0 Å². The summed E-state index contributed by atoms with van der Waals surface area (Å²) in [5, 5.41) is 10.9. The summed E-state index contributed by atoms with van der Waals surface area (Å²) in [5.41, 5.74) is -1.60. The molecule has 0 saturated carbocycles. The molecule has 65 valence electrons. The lowest BCUT2D eigenvalue weighted by molar-refractivity contribution is -0.168. The summed E-state index contributed by atoms with van der Waals surface area (Å²) in [6.45, 7) is 4.97. The number of ether oxygens (including phenoxy) is 1. The van der Waals surface area contributed by atoms with E-state index in [0.29, 0.717) is 6.61 Å². The molecule has 0 unspecified atom stereocenters. The van der Waals surface area contributed by atoms with Gasteiger partial charge in [-0.1, -0.05) is 13.3 Å². The molecule has 0 bridgehead atoms. The zero-order valence-electron chi connectivity index (χ0n) is 7.35. The third-order valence-electron chi connectivity index (χ3n) is 1.22. The van der Waals surface area contributed by atoms with Crippen molar-refractivity contribution < 1.29 is 14.6 Å². The lowest BCUT2D eigenvalue weighted by Crippen LogP contribution is -2.31. The Morgan fingerprint density at radius 3 is 2.36 bits per heavy atom. The van der Waals surface area contributed by atoms with Crippen LogP contribution in [0.1, 0.15) is 33.6 Å². The molecule has 11 heavy (non-hydrogen) atoms. The highest BCUT2D eigenvalue weighted by molar-refractivity contribution is 5.77. The fraction of sp³-hybridized carbons (Fsp3) is 0.875. The average Bonchev–Trinajstić information content (AvgIpc) is 1.86. The van der Waals surface area contributed by atoms with Gasteiger partial charge in [-0.3, -0.25) is 0 Å². The Labute approximate surface area is 67.4 Å². The Hall–Kier alpha value is -0.570. The molecule has 0 spiro atoms. The molecular weight excluding hydrogens is 144 g/mol. The maximum absolute atomic E-state index is 10.9. The van der Waals surface area contributed by atoms with Crippen LogP contribution < -0.4 is 0 Å². The van der Waals surface area contributed by atoms with E-state index >= 15 is 0 Å². The van der Waals surface area contributed by atoms with Crippen LogP contribution in [-0.4, -0.2) is 18.2 Å². The first-order chi connectivity index (χ1) is 4.98. The normalized spacial score (nSPS) is 11.3. The lowest BCUT2D eigenvalue weighted by atomic mass is 10.1. The number of hydrogen-bond acceptors (Lipinski definition) is 2. The summed E-state index contributed by atoms with van der Waals surface area (Å²) in [6.07, 6.45) is 1.79. The summed E-state index contributed by atoms with van der Waals surface area (Å²) in [5.74, 6) is -0.661. The molecule has 0 aliphatic carbocycles. The van der Waals surface area contributed by atoms with E-state index in [1.54, 1.807) is 0 Å². The number of hydrogen-bond donors (Lipinski definition) is 0. The van der Waals surface area contributed by atoms with Gasteiger partial charge >= 0.3 is 5.97 Å². The van der Waals surface area contributed by atoms with Gasteiger partial charge in [0.25, 0.3) is 0 Å². The van der Waals surface area contributed by atoms with Crippen LogP contribution in [0.4, 0.5) is 0 Å². The van der Waals surface area contributed by atoms with Gasteiger partial charge in [-0.15, -0.1) is 0 Å². The SMILES string of the molecule is CCCCOC(=O)C(C)(C)[O]. The van der Waals surface area contributed by atoms with Crippen LogP contribution in [0.25, 0.3) is 0 Å². The van der Waals surface area contributed by atoms with Crippen molar-refractivity contribution in [1.82, 2.24) is 0 Å². The number of carbonyl (C=O) groups is 1. The van der Waals surface area contributed by atoms with Crippen molar-refractivity contribution >= 4 is 5.97 Å². The lowest BCUT2D eigenvalue weighted by Gasteiger charge is -2.12. The minimum Gasteiger partial charge on any atom is -0.463 e. The fourth-order valence-corrected chi connectivity index (χ4v) is 0.483. The number of unbranched alkanes of at least 4 members (excludes halogenated alkanes) is 1. The van der Waals surface area contributed by atoms with Gasteiger partial charge in [0, 0.05) is 0 Å². The Balaban J connectivity index is 3.54. The summed E-state index contributed by atoms with van der Waals surface area (Å²) in [7, 11) is 0. The van der Waals surface area contributed by atoms with E-state index in [0.717, 1.165) is 12.8 Å². The second-order valence-electron chi connectivity index (χ2n) is 3.00. The Kier molecular flexibility index (Phi) is 4.11. The van der Waals surface area contributed by atoms with E-state index in [-0.39, 0.29) is 0 Å². The monoisotopic (exact) mass is 159 g/mol. The molecule has 0 aromatic rings. The van der Waals surface area contributed by atoms with Crippen LogP contribution in [0.2, 0.25) is 0 Å². The van der Waals surface area contributed by atoms with Crippen LogP contribution in [-0.2, 0) is 14.6 Å². The maximum Gasteiger partial charge on any atom is 0.341 e. The predicted octanol–water partition coefficient (Wildman–Crippen LogP) is 1.54. The maximum atomic E-state index is 10.9. The third-order valence-corrected chi connectivity index (χ3v) is 1.22. The van der Waals surface area contributed by atoms with E-state index in [1.165, 1.54) is 13.8 Å². The van der Waals surface area contributed by atoms with Crippen LogP contribution in [0.3, 0.4) is 0 Å². The average molecular weight is 159 g/mol. The molecule has 0 aliphatic rings. The standard InChI is InChI=1S/C8H15O3/c1-4-5-6-11-7(9)8(2,3)10/h4-6H2,1-3H3. The Bertz CT molecular complexity index is 124. The molecule has 0 aromatic heterocycles. The minimum absolute atomic E-state index is 0.362. The Morgan fingerprint density at radius 2 is 2.00 bits per heavy atom. The van der Waals surface area contributed by atoms with Gasteiger partial charge in [0.2, 0.25) is 0 Å². The van der Waals surface area contributed by atoms with Gasteiger partial charge in [0.05, 0.1) is 6.61 Å². The predicted molar refractivity (Wildman–Crippen MR) is 40.6 cm³/mol. The van der Waals surface area contributed by atoms with Crippen molar-refractivity contribution in [3.63, 3.8) is 0 Å². The molecule has 3 nitrogen and oxygen atoms in total. The molecule has 0 N–H and O–H groups in total. The van der Waals surface area contributed by atoms with Gasteiger partial charge in [0.1, 0.15) is 0 Å². The molecule has 0 amide bonds. The van der Waals surface area contributed by atoms with E-state index in [9.17, 15) is 9.90 Å². The van der Waals surface area contributed by atoms with Crippen LogP contribution in [0.5, 0.6) is 0 Å². The summed E-state index contributed by atoms with van der Waals surface area (Å²) in [6, 6.07) is 0. The zero-order valence-corrected chi connectivity index (χ0v) is 7.35. The van der Waals surface area contributed by atoms with Crippen LogP contribution in [0, 0.1) is 0 Å². The molecule has 0 aromatic carbocycles. The van der Waals surface area contributed by atoms with Crippen LogP contribution in [0.15, 0.2) is 0 Å². The summed E-state index contributed by atoms with van der Waals surface area (Å²) < 4.78 is 4.70. The first-order valence-electron chi connectivity index (χ1n) is 3.86. The van der Waals surface area contributed by atoms with Crippen molar-refractivity contribution in [2.75, 3.05) is 6.61 Å². The minimum atomic E-state index is -1.60. The quantitative estimate of drug-likeness (QED) is 0.461. The van der Waals surface area contributed by atoms with Gasteiger partial charge in [-0.2, -0.15) is 0 Å². The van der Waals surface area contributed by atoms with E-state index in [2.05, 4.69) is 0 Å². The second kappa shape index (κ2) is 4.34. The van der Waals surface area contributed by atoms with Gasteiger partial charge in [-0.25, -0.2) is 9.90 Å². The highest BCUT2D eigenvalue weighted by Crippen LogP contribution is 2.05. The van der Waals surface area contributed by atoms with Crippen molar-refractivity contribution in [3.8, 4) is 0 Å². The number of carbonyl (C=O) groups excluding carboxylic acids is 1. The smallest absolute Gasteiger partial charge is 0.341 e. The molecule has 0 atom stereocenters. The highest BCUT2D eigenvalue weighted by atomic mass is 16.5. The molecular formula is C8H15O3. The van der Waals surface area contributed by atoms with Gasteiger partial charge in [0.15, 0.2) is 5.60 Å². The largest absolute Gasteiger partial charge is 0.463 e. The number of rotatable bonds is 4. The van der Waals surface area contributed by atoms with Crippen LogP contribution >= 0.6 is 0 Å². The topological polar surface area (TPSA) is 46.2 Å². The fourth-order valence-electron chi connectivity index (χ4n) is 0.483. The molecule has 0 aliphatic heterocycles. The number of esters is 1.